The molecule has 1 aromatic carbocycles. The van der Waals surface area contributed by atoms with Crippen molar-refractivity contribution >= 4 is 0 Å². The van der Waals surface area contributed by atoms with E-state index in [2.05, 4.69) is 37.8 Å². The maximum absolute atomic E-state index is 12.7. The highest BCUT2D eigenvalue weighted by Crippen LogP contribution is 2.35. The minimum absolute atomic E-state index is 0.0317. The molecule has 2 aliphatic rings. The first-order valence-corrected chi connectivity index (χ1v) is 10.2. The summed E-state index contributed by atoms with van der Waals surface area (Å²) in [5.41, 5.74) is 5.22. The van der Waals surface area contributed by atoms with E-state index in [1.54, 1.807) is 6.07 Å². The van der Waals surface area contributed by atoms with Gasteiger partial charge in [0.1, 0.15) is 18.5 Å². The lowest BCUT2D eigenvalue weighted by molar-refractivity contribution is -0.101. The summed E-state index contributed by atoms with van der Waals surface area (Å²) in [5, 5.41) is 0. The Morgan fingerprint density at radius 3 is 2.90 bits per heavy atom. The van der Waals surface area contributed by atoms with Crippen molar-refractivity contribution in [2.75, 3.05) is 26.4 Å². The Hall–Kier alpha value is -2.55. The van der Waals surface area contributed by atoms with Gasteiger partial charge < -0.3 is 18.8 Å². The van der Waals surface area contributed by atoms with Crippen molar-refractivity contribution in [2.45, 2.75) is 39.8 Å². The van der Waals surface area contributed by atoms with E-state index in [1.807, 2.05) is 17.6 Å². The van der Waals surface area contributed by atoms with Gasteiger partial charge in [0, 0.05) is 35.2 Å². The smallest absolute Gasteiger partial charge is 0.254 e. The largest absolute Gasteiger partial charge is 0.490 e. The molecule has 5 nitrogen and oxygen atoms in total. The molecule has 0 aliphatic carbocycles. The molecule has 0 spiro atoms. The highest BCUT2D eigenvalue weighted by Gasteiger charge is 2.23. The van der Waals surface area contributed by atoms with E-state index in [-0.39, 0.29) is 11.7 Å². The molecule has 1 aromatic heterocycles. The molecule has 1 unspecified atom stereocenters. The zero-order valence-electron chi connectivity index (χ0n) is 17.3. The zero-order chi connectivity index (χ0) is 20.4. The number of aromatic nitrogens is 1. The first kappa shape index (κ1) is 19.8. The first-order chi connectivity index (χ1) is 14.0. The number of hydrogen-bond acceptors (Lipinski definition) is 4. The van der Waals surface area contributed by atoms with Crippen molar-refractivity contribution in [3.05, 3.63) is 51.3 Å². The average Bonchev–Trinajstić information content (AvgIpc) is 2.73. The third-order valence-corrected chi connectivity index (χ3v) is 5.30. The lowest BCUT2D eigenvalue weighted by Gasteiger charge is -2.26. The van der Waals surface area contributed by atoms with Gasteiger partial charge in [-0.1, -0.05) is 31.8 Å². The van der Waals surface area contributed by atoms with Gasteiger partial charge in [0.05, 0.1) is 25.5 Å². The standard InChI is InChI=1S/C24H27NO4/c1-16(2)4-5-18-6-7-21-19(12-18)8-9-25-23(26)13-22(17(3)24(21)25)29-15-20-14-27-10-11-28-20/h6-7,12-13,16,20H,8-11,14-15H2,1-3H3. The Labute approximate surface area is 171 Å². The van der Waals surface area contributed by atoms with Crippen molar-refractivity contribution in [3.8, 4) is 28.8 Å². The summed E-state index contributed by atoms with van der Waals surface area (Å²) in [6.07, 6.45) is 0.725. The second-order valence-corrected chi connectivity index (χ2v) is 7.90. The molecule has 0 N–H and O–H groups in total. The molecule has 2 aromatic rings. The topological polar surface area (TPSA) is 49.7 Å². The number of benzene rings is 1. The van der Waals surface area contributed by atoms with Gasteiger partial charge in [-0.05, 0) is 31.0 Å². The van der Waals surface area contributed by atoms with Crippen LogP contribution in [0.25, 0.3) is 11.3 Å². The third-order valence-electron chi connectivity index (χ3n) is 5.30. The van der Waals surface area contributed by atoms with Crippen LogP contribution >= 0.6 is 0 Å². The van der Waals surface area contributed by atoms with Crippen LogP contribution in [-0.2, 0) is 22.4 Å². The predicted octanol–water partition coefficient (Wildman–Crippen LogP) is 3.18. The van der Waals surface area contributed by atoms with E-state index < -0.39 is 0 Å². The Bertz CT molecular complexity index is 1020. The zero-order valence-corrected chi connectivity index (χ0v) is 17.3. The monoisotopic (exact) mass is 393 g/mol. The molecule has 152 valence electrons. The second-order valence-electron chi connectivity index (χ2n) is 7.90. The Balaban J connectivity index is 1.66. The summed E-state index contributed by atoms with van der Waals surface area (Å²) in [6.45, 7) is 8.95. The number of hydrogen-bond donors (Lipinski definition) is 0. The molecule has 1 atom stereocenters. The molecule has 0 amide bonds. The van der Waals surface area contributed by atoms with Gasteiger partial charge in [-0.25, -0.2) is 0 Å². The van der Waals surface area contributed by atoms with E-state index in [1.165, 1.54) is 5.56 Å². The van der Waals surface area contributed by atoms with Crippen molar-refractivity contribution in [2.24, 2.45) is 5.92 Å². The van der Waals surface area contributed by atoms with Crippen LogP contribution in [0.2, 0.25) is 0 Å². The van der Waals surface area contributed by atoms with Crippen molar-refractivity contribution in [1.29, 1.82) is 0 Å². The fourth-order valence-corrected chi connectivity index (χ4v) is 3.83. The van der Waals surface area contributed by atoms with Crippen LogP contribution in [0.15, 0.2) is 29.1 Å². The average molecular weight is 393 g/mol. The fraction of sp³-hybridized carbons (Fsp3) is 0.458. The van der Waals surface area contributed by atoms with Crippen LogP contribution in [0.3, 0.4) is 0 Å². The maximum atomic E-state index is 12.7. The van der Waals surface area contributed by atoms with Gasteiger partial charge in [0.15, 0.2) is 0 Å². The summed E-state index contributed by atoms with van der Waals surface area (Å²) in [4.78, 5) is 12.7. The van der Waals surface area contributed by atoms with Crippen LogP contribution in [0.4, 0.5) is 0 Å². The van der Waals surface area contributed by atoms with Crippen LogP contribution in [0.5, 0.6) is 5.75 Å². The minimum atomic E-state index is -0.101. The molecule has 2 aliphatic heterocycles. The predicted molar refractivity (Wildman–Crippen MR) is 112 cm³/mol. The van der Waals surface area contributed by atoms with E-state index in [0.29, 0.717) is 44.6 Å². The summed E-state index contributed by atoms with van der Waals surface area (Å²) in [5.74, 6) is 7.42. The van der Waals surface area contributed by atoms with E-state index >= 15 is 0 Å². The normalized spacial score (nSPS) is 17.9. The lowest BCUT2D eigenvalue weighted by Crippen LogP contribution is -2.34. The second kappa shape index (κ2) is 8.44. The Morgan fingerprint density at radius 1 is 1.28 bits per heavy atom. The van der Waals surface area contributed by atoms with Gasteiger partial charge in [0.25, 0.3) is 5.56 Å². The summed E-state index contributed by atoms with van der Waals surface area (Å²) >= 11 is 0. The number of aryl methyl sites for hydroxylation is 1. The highest BCUT2D eigenvalue weighted by atomic mass is 16.6. The summed E-state index contributed by atoms with van der Waals surface area (Å²) in [7, 11) is 0. The number of ether oxygens (including phenoxy) is 3. The Morgan fingerprint density at radius 2 is 2.14 bits per heavy atom. The van der Waals surface area contributed by atoms with Crippen LogP contribution in [0, 0.1) is 24.7 Å². The van der Waals surface area contributed by atoms with E-state index in [4.69, 9.17) is 14.2 Å². The molecule has 29 heavy (non-hydrogen) atoms. The van der Waals surface area contributed by atoms with Crippen molar-refractivity contribution < 1.29 is 14.2 Å². The number of fused-ring (bicyclic) bond motifs is 3. The van der Waals surface area contributed by atoms with Gasteiger partial charge in [0.2, 0.25) is 0 Å². The maximum Gasteiger partial charge on any atom is 0.254 e. The number of rotatable bonds is 3. The van der Waals surface area contributed by atoms with Crippen molar-refractivity contribution in [3.63, 3.8) is 0 Å². The summed E-state index contributed by atoms with van der Waals surface area (Å²) in [6, 6.07) is 7.86. The molecule has 1 saturated heterocycles. The SMILES string of the molecule is Cc1c(OCC2COCCO2)cc(=O)n2c1-c1ccc(C#CC(C)C)cc1CC2. The molecule has 4 rings (SSSR count). The van der Waals surface area contributed by atoms with Gasteiger partial charge in [-0.2, -0.15) is 0 Å². The van der Waals surface area contributed by atoms with Crippen molar-refractivity contribution in [1.82, 2.24) is 4.57 Å². The van der Waals surface area contributed by atoms with Gasteiger partial charge >= 0.3 is 0 Å². The quantitative estimate of drug-likeness (QED) is 0.752. The molecular weight excluding hydrogens is 366 g/mol. The van der Waals surface area contributed by atoms with Gasteiger partial charge in [-0.15, -0.1) is 0 Å². The molecular formula is C24H27NO4. The molecule has 0 bridgehead atoms. The lowest BCUT2D eigenvalue weighted by atomic mass is 9.93. The highest BCUT2D eigenvalue weighted by molar-refractivity contribution is 5.72. The Kier molecular flexibility index (Phi) is 5.75. The van der Waals surface area contributed by atoms with Gasteiger partial charge in [-0.3, -0.25) is 4.79 Å². The molecule has 3 heterocycles. The van der Waals surface area contributed by atoms with Crippen LogP contribution in [0.1, 0.15) is 30.5 Å². The first-order valence-electron chi connectivity index (χ1n) is 10.2. The van der Waals surface area contributed by atoms with Crippen LogP contribution in [-0.4, -0.2) is 37.1 Å². The molecule has 0 saturated carbocycles. The number of nitrogens with zero attached hydrogens (tertiary/aromatic N) is 1. The fourth-order valence-electron chi connectivity index (χ4n) is 3.83. The minimum Gasteiger partial charge on any atom is -0.490 e. The van der Waals surface area contributed by atoms with Crippen LogP contribution < -0.4 is 10.3 Å². The third kappa shape index (κ3) is 4.24. The molecule has 5 heteroatoms. The molecule has 0 radical (unpaired) electrons. The molecule has 1 fully saturated rings. The van der Waals surface area contributed by atoms with E-state index in [9.17, 15) is 4.79 Å². The summed E-state index contributed by atoms with van der Waals surface area (Å²) < 4.78 is 18.9. The van der Waals surface area contributed by atoms with E-state index in [0.717, 1.165) is 28.8 Å². The number of pyridine rings is 1.